The van der Waals surface area contributed by atoms with Gasteiger partial charge < -0.3 is 24.8 Å². The number of ether oxygens (including phenoxy) is 1. The first-order valence-electron chi connectivity index (χ1n) is 12.2. The second-order valence-corrected chi connectivity index (χ2v) is 10.4. The van der Waals surface area contributed by atoms with E-state index in [1.54, 1.807) is 13.3 Å². The Morgan fingerprint density at radius 1 is 1.11 bits per heavy atom. The van der Waals surface area contributed by atoms with Gasteiger partial charge in [-0.3, -0.25) is 9.78 Å². The van der Waals surface area contributed by atoms with Crippen molar-refractivity contribution in [2.45, 2.75) is 32.9 Å². The lowest BCUT2D eigenvalue weighted by molar-refractivity contribution is -0.114. The fourth-order valence-electron chi connectivity index (χ4n) is 5.17. The Morgan fingerprint density at radius 2 is 1.87 bits per heavy atom. The minimum Gasteiger partial charge on any atom is -0.495 e. The highest BCUT2D eigenvalue weighted by molar-refractivity contribution is 9.10. The lowest BCUT2D eigenvalue weighted by Gasteiger charge is -2.29. The topological polar surface area (TPSA) is 71.4 Å². The third-order valence-electron chi connectivity index (χ3n) is 6.75. The molecule has 7 nitrogen and oxygen atoms in total. The Labute approximate surface area is 236 Å². The van der Waals surface area contributed by atoms with Crippen molar-refractivity contribution in [3.63, 3.8) is 0 Å². The molecule has 3 heterocycles. The molecule has 0 radical (unpaired) electrons. The number of aromatic nitrogens is 2. The zero-order valence-corrected chi connectivity index (χ0v) is 23.9. The Balaban J connectivity index is 1.69. The third kappa shape index (κ3) is 4.68. The van der Waals surface area contributed by atoms with Crippen LogP contribution in [-0.4, -0.2) is 27.7 Å². The molecule has 194 valence electrons. The molecule has 2 aromatic carbocycles. The summed E-state index contributed by atoms with van der Waals surface area (Å²) in [5, 5.41) is 6.98. The molecule has 1 fully saturated rings. The molecular weight excluding hydrogens is 562 g/mol. The largest absolute Gasteiger partial charge is 0.495 e. The molecule has 2 N–H and O–H groups in total. The number of hydrogen-bond acceptors (Lipinski definition) is 4. The van der Waals surface area contributed by atoms with Crippen LogP contribution >= 0.6 is 28.1 Å². The van der Waals surface area contributed by atoms with Crippen LogP contribution in [0.15, 0.2) is 77.4 Å². The van der Waals surface area contributed by atoms with Gasteiger partial charge in [-0.05, 0) is 96.1 Å². The van der Waals surface area contributed by atoms with Crippen LogP contribution in [0, 0.1) is 13.8 Å². The number of benzene rings is 2. The van der Waals surface area contributed by atoms with Crippen LogP contribution in [-0.2, 0) is 4.79 Å². The SMILES string of the molecule is COc1ccc(N2C(=S)NC(c3ccccn3)C2c2cc(C)n(-c3ccccc3Br)c2C)cc1NC(C)=O. The summed E-state index contributed by atoms with van der Waals surface area (Å²) in [5.74, 6) is 0.398. The number of carbonyl (C=O) groups is 1. The maximum Gasteiger partial charge on any atom is 0.221 e. The molecular formula is C29H28BrN5O2S. The lowest BCUT2D eigenvalue weighted by Crippen LogP contribution is -2.29. The molecule has 38 heavy (non-hydrogen) atoms. The van der Waals surface area contributed by atoms with Gasteiger partial charge in [-0.2, -0.15) is 0 Å². The van der Waals surface area contributed by atoms with Crippen LogP contribution < -0.4 is 20.3 Å². The lowest BCUT2D eigenvalue weighted by atomic mass is 9.96. The molecule has 1 amide bonds. The summed E-state index contributed by atoms with van der Waals surface area (Å²) in [7, 11) is 1.58. The van der Waals surface area contributed by atoms with Crippen molar-refractivity contribution in [1.29, 1.82) is 0 Å². The van der Waals surface area contributed by atoms with E-state index in [0.717, 1.165) is 38.5 Å². The number of amides is 1. The quantitative estimate of drug-likeness (QED) is 0.254. The van der Waals surface area contributed by atoms with Crippen LogP contribution in [0.3, 0.4) is 0 Å². The summed E-state index contributed by atoms with van der Waals surface area (Å²) >= 11 is 9.64. The number of anilines is 2. The molecule has 0 saturated carbocycles. The number of para-hydroxylation sites is 1. The van der Waals surface area contributed by atoms with Crippen molar-refractivity contribution in [2.75, 3.05) is 17.3 Å². The molecule has 0 bridgehead atoms. The zero-order chi connectivity index (χ0) is 27.0. The Hall–Kier alpha value is -3.69. The van der Waals surface area contributed by atoms with Gasteiger partial charge in [0.25, 0.3) is 0 Å². The van der Waals surface area contributed by atoms with Crippen LogP contribution in [0.4, 0.5) is 11.4 Å². The Kier molecular flexibility index (Phi) is 7.23. The molecule has 9 heteroatoms. The van der Waals surface area contributed by atoms with Crippen molar-refractivity contribution in [3.8, 4) is 11.4 Å². The molecule has 0 spiro atoms. The number of nitrogens with one attached hydrogen (secondary N) is 2. The number of thiocarbonyl (C=S) groups is 1. The molecule has 0 aliphatic carbocycles. The Morgan fingerprint density at radius 3 is 2.55 bits per heavy atom. The van der Waals surface area contributed by atoms with Crippen molar-refractivity contribution in [3.05, 3.63) is 100 Å². The summed E-state index contributed by atoms with van der Waals surface area (Å²) in [4.78, 5) is 18.7. The highest BCUT2D eigenvalue weighted by atomic mass is 79.9. The predicted octanol–water partition coefficient (Wildman–Crippen LogP) is 6.40. The van der Waals surface area contributed by atoms with E-state index < -0.39 is 0 Å². The van der Waals surface area contributed by atoms with Crippen LogP contribution in [0.2, 0.25) is 0 Å². The van der Waals surface area contributed by atoms with Gasteiger partial charge in [0.1, 0.15) is 5.75 Å². The summed E-state index contributed by atoms with van der Waals surface area (Å²) in [5.41, 5.74) is 6.71. The maximum atomic E-state index is 11.9. The van der Waals surface area contributed by atoms with Crippen LogP contribution in [0.25, 0.3) is 5.69 Å². The van der Waals surface area contributed by atoms with E-state index in [2.05, 4.69) is 67.0 Å². The maximum absolute atomic E-state index is 11.9. The normalized spacial score (nSPS) is 16.9. The second kappa shape index (κ2) is 10.6. The highest BCUT2D eigenvalue weighted by Crippen LogP contribution is 2.45. The molecule has 5 rings (SSSR count). The first kappa shape index (κ1) is 25.9. The molecule has 4 aromatic rings. The fourth-order valence-corrected chi connectivity index (χ4v) is 5.98. The second-order valence-electron chi connectivity index (χ2n) is 9.18. The van der Waals surface area contributed by atoms with E-state index in [-0.39, 0.29) is 18.0 Å². The predicted molar refractivity (Wildman–Crippen MR) is 158 cm³/mol. The highest BCUT2D eigenvalue weighted by Gasteiger charge is 2.42. The van der Waals surface area contributed by atoms with E-state index >= 15 is 0 Å². The number of carbonyl (C=O) groups excluding carboxylic acids is 1. The number of nitrogens with zero attached hydrogens (tertiary/aromatic N) is 3. The van der Waals surface area contributed by atoms with E-state index in [1.165, 1.54) is 6.92 Å². The molecule has 1 aliphatic heterocycles. The van der Waals surface area contributed by atoms with E-state index in [4.69, 9.17) is 17.0 Å². The smallest absolute Gasteiger partial charge is 0.221 e. The van der Waals surface area contributed by atoms with Crippen LogP contribution in [0.1, 0.15) is 41.7 Å². The number of hydrogen-bond donors (Lipinski definition) is 2. The van der Waals surface area contributed by atoms with Gasteiger partial charge in [0.15, 0.2) is 5.11 Å². The molecule has 2 unspecified atom stereocenters. The van der Waals surface area contributed by atoms with E-state index in [9.17, 15) is 4.79 Å². The van der Waals surface area contributed by atoms with Gasteiger partial charge >= 0.3 is 0 Å². The summed E-state index contributed by atoms with van der Waals surface area (Å²) < 4.78 is 8.76. The minimum atomic E-state index is -0.196. The number of methoxy groups -OCH3 is 1. The third-order valence-corrected chi connectivity index (χ3v) is 7.74. The average molecular weight is 591 g/mol. The van der Waals surface area contributed by atoms with Crippen LogP contribution in [0.5, 0.6) is 5.75 Å². The van der Waals surface area contributed by atoms with Gasteiger partial charge in [-0.15, -0.1) is 0 Å². The molecule has 2 atom stereocenters. The monoisotopic (exact) mass is 589 g/mol. The van der Waals surface area contributed by atoms with Gasteiger partial charge in [0.2, 0.25) is 5.91 Å². The van der Waals surface area contributed by atoms with Gasteiger partial charge in [-0.1, -0.05) is 18.2 Å². The first-order chi connectivity index (χ1) is 18.3. The van der Waals surface area contributed by atoms with Crippen molar-refractivity contribution in [1.82, 2.24) is 14.9 Å². The standard InChI is InChI=1S/C29H28BrN5O2S/c1-17-15-21(18(2)34(17)25-11-6-5-9-22(25)30)28-27(23-10-7-8-14-31-23)33-29(38)35(28)20-12-13-26(37-4)24(16-20)32-19(3)36/h5-16,27-28H,1-4H3,(H,32,36)(H,33,38). The first-order valence-corrected chi connectivity index (χ1v) is 13.4. The molecule has 2 aromatic heterocycles. The van der Waals surface area contributed by atoms with E-state index in [0.29, 0.717) is 16.5 Å². The van der Waals surface area contributed by atoms with Crippen molar-refractivity contribution < 1.29 is 9.53 Å². The zero-order valence-electron chi connectivity index (χ0n) is 21.5. The van der Waals surface area contributed by atoms with Gasteiger partial charge in [0.05, 0.1) is 36.3 Å². The molecule has 1 aliphatic rings. The Bertz CT molecular complexity index is 1520. The van der Waals surface area contributed by atoms with E-state index in [1.807, 2.05) is 54.6 Å². The number of halogens is 1. The van der Waals surface area contributed by atoms with Crippen molar-refractivity contribution in [2.24, 2.45) is 0 Å². The average Bonchev–Trinajstić information content (AvgIpc) is 3.39. The fraction of sp³-hybridized carbons (Fsp3) is 0.207. The number of rotatable bonds is 6. The summed E-state index contributed by atoms with van der Waals surface area (Å²) in [6.07, 6.45) is 1.80. The van der Waals surface area contributed by atoms with Gasteiger partial charge in [0, 0.05) is 34.7 Å². The number of pyridine rings is 1. The summed E-state index contributed by atoms with van der Waals surface area (Å²) in [6.45, 7) is 5.72. The summed E-state index contributed by atoms with van der Waals surface area (Å²) in [6, 6.07) is 21.6. The minimum absolute atomic E-state index is 0.178. The van der Waals surface area contributed by atoms with Crippen molar-refractivity contribution >= 4 is 50.5 Å². The van der Waals surface area contributed by atoms with Gasteiger partial charge in [-0.25, -0.2) is 0 Å². The number of aryl methyl sites for hydroxylation is 1. The molecule has 1 saturated heterocycles.